The second-order valence-corrected chi connectivity index (χ2v) is 12.7. The van der Waals surface area contributed by atoms with Crippen molar-refractivity contribution in [2.24, 2.45) is 0 Å². The quantitative estimate of drug-likeness (QED) is 0.214. The number of carbonyl (C=O) groups excluding carboxylic acids is 2. The van der Waals surface area contributed by atoms with Crippen LogP contribution in [0.25, 0.3) is 0 Å². The molecule has 0 saturated carbocycles. The van der Waals surface area contributed by atoms with Crippen LogP contribution in [0.1, 0.15) is 29.2 Å². The molecule has 1 atom stereocenters. The van der Waals surface area contributed by atoms with Gasteiger partial charge in [0.1, 0.15) is 12.6 Å². The van der Waals surface area contributed by atoms with Crippen LogP contribution in [0, 0.1) is 13.8 Å². The summed E-state index contributed by atoms with van der Waals surface area (Å²) in [6, 6.07) is 29.1. The van der Waals surface area contributed by atoms with Crippen LogP contribution in [0.15, 0.2) is 108 Å². The van der Waals surface area contributed by atoms with Crippen molar-refractivity contribution in [3.8, 4) is 0 Å². The third kappa shape index (κ3) is 8.03. The fraction of sp³-hybridized carbons (Fsp3) is 0.235. The van der Waals surface area contributed by atoms with Crippen molar-refractivity contribution >= 4 is 39.1 Å². The van der Waals surface area contributed by atoms with Crippen LogP contribution in [0.2, 0.25) is 5.02 Å². The molecule has 0 heterocycles. The second-order valence-electron chi connectivity index (χ2n) is 10.4. The van der Waals surface area contributed by atoms with Gasteiger partial charge in [-0.2, -0.15) is 0 Å². The van der Waals surface area contributed by atoms with E-state index in [2.05, 4.69) is 5.32 Å². The summed E-state index contributed by atoms with van der Waals surface area (Å²) < 4.78 is 29.4. The molecule has 4 aromatic rings. The van der Waals surface area contributed by atoms with Gasteiger partial charge in [-0.3, -0.25) is 13.9 Å². The lowest BCUT2D eigenvalue weighted by Gasteiger charge is -2.34. The summed E-state index contributed by atoms with van der Waals surface area (Å²) >= 11 is 6.28. The number of amides is 2. The fourth-order valence-corrected chi connectivity index (χ4v) is 6.60. The smallest absolute Gasteiger partial charge is 0.264 e. The number of hydrogen-bond donors (Lipinski definition) is 1. The van der Waals surface area contributed by atoms with Gasteiger partial charge < -0.3 is 10.2 Å². The molecule has 0 spiro atoms. The van der Waals surface area contributed by atoms with E-state index in [9.17, 15) is 18.0 Å². The van der Waals surface area contributed by atoms with Gasteiger partial charge in [-0.25, -0.2) is 8.42 Å². The van der Waals surface area contributed by atoms with Gasteiger partial charge in [-0.05, 0) is 73.4 Å². The summed E-state index contributed by atoms with van der Waals surface area (Å²) in [4.78, 5) is 29.5. The predicted octanol–water partition coefficient (Wildman–Crippen LogP) is 5.93. The highest BCUT2D eigenvalue weighted by atomic mass is 35.5. The third-order valence-electron chi connectivity index (χ3n) is 7.11. The third-order valence-corrected chi connectivity index (χ3v) is 9.12. The summed E-state index contributed by atoms with van der Waals surface area (Å²) in [6.07, 6.45) is 0.244. The molecule has 0 saturated heterocycles. The molecule has 9 heteroatoms. The topological polar surface area (TPSA) is 86.8 Å². The van der Waals surface area contributed by atoms with Gasteiger partial charge in [0.05, 0.1) is 10.6 Å². The zero-order valence-electron chi connectivity index (χ0n) is 24.5. The van der Waals surface area contributed by atoms with E-state index in [1.807, 2.05) is 69.3 Å². The van der Waals surface area contributed by atoms with Crippen LogP contribution >= 0.6 is 11.6 Å². The number of aryl methyl sites for hydroxylation is 2. The Hall–Kier alpha value is -4.14. The van der Waals surface area contributed by atoms with Crippen molar-refractivity contribution in [3.05, 3.63) is 130 Å². The minimum atomic E-state index is -4.15. The summed E-state index contributed by atoms with van der Waals surface area (Å²) in [5.41, 5.74) is 3.53. The second kappa shape index (κ2) is 14.4. The Morgan fingerprint density at radius 1 is 0.837 bits per heavy atom. The lowest BCUT2D eigenvalue weighted by molar-refractivity contribution is -0.140. The fourth-order valence-electron chi connectivity index (χ4n) is 4.90. The lowest BCUT2D eigenvalue weighted by Crippen LogP contribution is -2.53. The molecule has 4 rings (SSSR count). The molecule has 43 heavy (non-hydrogen) atoms. The first-order chi connectivity index (χ1) is 20.6. The number of anilines is 1. The van der Waals surface area contributed by atoms with Crippen molar-refractivity contribution in [2.75, 3.05) is 17.4 Å². The van der Waals surface area contributed by atoms with E-state index in [-0.39, 0.29) is 23.8 Å². The molecule has 2 amide bonds. The Morgan fingerprint density at radius 3 is 2.14 bits per heavy atom. The van der Waals surface area contributed by atoms with E-state index < -0.39 is 28.5 Å². The first-order valence-electron chi connectivity index (χ1n) is 14.1. The summed E-state index contributed by atoms with van der Waals surface area (Å²) in [5, 5.41) is 3.36. The Morgan fingerprint density at radius 2 is 1.49 bits per heavy atom. The first kappa shape index (κ1) is 31.8. The highest BCUT2D eigenvalue weighted by molar-refractivity contribution is 7.92. The number of halogens is 1. The van der Waals surface area contributed by atoms with Crippen LogP contribution in [-0.2, 0) is 32.6 Å². The number of likely N-dealkylation sites (N-methyl/N-ethyl adjacent to an activating group) is 1. The van der Waals surface area contributed by atoms with Crippen LogP contribution in [0.4, 0.5) is 5.69 Å². The summed E-state index contributed by atoms with van der Waals surface area (Å²) in [5.74, 6) is -0.849. The van der Waals surface area contributed by atoms with Crippen LogP contribution in [0.3, 0.4) is 0 Å². The zero-order valence-corrected chi connectivity index (χ0v) is 26.1. The molecular weight excluding hydrogens is 582 g/mol. The Kier molecular flexibility index (Phi) is 10.6. The van der Waals surface area contributed by atoms with Crippen LogP contribution in [0.5, 0.6) is 0 Å². The van der Waals surface area contributed by atoms with E-state index in [4.69, 9.17) is 11.6 Å². The van der Waals surface area contributed by atoms with Crippen molar-refractivity contribution < 1.29 is 18.0 Å². The molecule has 0 aliphatic carbocycles. The van der Waals surface area contributed by atoms with Crippen molar-refractivity contribution in [1.82, 2.24) is 10.2 Å². The number of hydrogen-bond acceptors (Lipinski definition) is 4. The zero-order chi connectivity index (χ0) is 31.0. The van der Waals surface area contributed by atoms with Gasteiger partial charge in [0.2, 0.25) is 11.8 Å². The van der Waals surface area contributed by atoms with Gasteiger partial charge in [0, 0.05) is 24.5 Å². The Balaban J connectivity index is 1.82. The largest absolute Gasteiger partial charge is 0.355 e. The SMILES string of the molecule is CCNC(=O)[C@H](Cc1ccccc1)N(Cc1cccc(Cl)c1)C(=O)CN(c1cc(C)ccc1C)S(=O)(=O)c1ccccc1. The van der Waals surface area contributed by atoms with Crippen LogP contribution < -0.4 is 9.62 Å². The highest BCUT2D eigenvalue weighted by Gasteiger charge is 2.35. The Labute approximate surface area is 259 Å². The summed E-state index contributed by atoms with van der Waals surface area (Å²) in [7, 11) is -4.15. The van der Waals surface area contributed by atoms with E-state index >= 15 is 0 Å². The van der Waals surface area contributed by atoms with E-state index in [0.29, 0.717) is 28.4 Å². The van der Waals surface area contributed by atoms with Crippen molar-refractivity contribution in [3.63, 3.8) is 0 Å². The monoisotopic (exact) mass is 617 g/mol. The number of nitrogens with zero attached hydrogens (tertiary/aromatic N) is 2. The van der Waals surface area contributed by atoms with E-state index in [1.54, 1.807) is 42.5 Å². The number of nitrogens with one attached hydrogen (secondary N) is 1. The minimum absolute atomic E-state index is 0.0556. The van der Waals surface area contributed by atoms with E-state index in [1.165, 1.54) is 17.0 Å². The van der Waals surface area contributed by atoms with Gasteiger partial charge in [0.15, 0.2) is 0 Å². The number of sulfonamides is 1. The maximum atomic E-state index is 14.4. The summed E-state index contributed by atoms with van der Waals surface area (Å²) in [6.45, 7) is 5.42. The van der Waals surface area contributed by atoms with Gasteiger partial charge in [-0.1, -0.05) is 84.4 Å². The number of carbonyl (C=O) groups is 2. The Bertz CT molecular complexity index is 1660. The predicted molar refractivity (Wildman–Crippen MR) is 172 cm³/mol. The lowest BCUT2D eigenvalue weighted by atomic mass is 10.0. The molecule has 224 valence electrons. The molecule has 0 bridgehead atoms. The molecule has 0 aliphatic heterocycles. The van der Waals surface area contributed by atoms with Crippen molar-refractivity contribution in [1.29, 1.82) is 0 Å². The van der Waals surface area contributed by atoms with Gasteiger partial charge >= 0.3 is 0 Å². The molecule has 0 fully saturated rings. The molecule has 0 unspecified atom stereocenters. The first-order valence-corrected chi connectivity index (χ1v) is 15.9. The maximum absolute atomic E-state index is 14.4. The molecule has 0 radical (unpaired) electrons. The average Bonchev–Trinajstić information content (AvgIpc) is 3.00. The molecule has 0 aliphatic rings. The van der Waals surface area contributed by atoms with Gasteiger partial charge in [0.25, 0.3) is 10.0 Å². The van der Waals surface area contributed by atoms with Crippen LogP contribution in [-0.4, -0.2) is 44.3 Å². The molecule has 7 nitrogen and oxygen atoms in total. The molecule has 1 N–H and O–H groups in total. The van der Waals surface area contributed by atoms with E-state index in [0.717, 1.165) is 15.4 Å². The normalized spacial score (nSPS) is 11.9. The highest BCUT2D eigenvalue weighted by Crippen LogP contribution is 2.29. The average molecular weight is 618 g/mol. The molecular formula is C34H36ClN3O4S. The molecule has 4 aromatic carbocycles. The number of benzene rings is 4. The standard InChI is InChI=1S/C34H36ClN3O4S/c1-4-36-34(40)32(22-27-12-7-5-8-13-27)37(23-28-14-11-15-29(35)21-28)33(39)24-38(31-20-25(2)18-19-26(31)3)43(41,42)30-16-9-6-10-17-30/h5-21,32H,4,22-24H2,1-3H3,(H,36,40)/t32-/m0/s1. The maximum Gasteiger partial charge on any atom is 0.264 e. The van der Waals surface area contributed by atoms with Crippen molar-refractivity contribution in [2.45, 2.75) is 44.7 Å². The number of rotatable bonds is 12. The molecule has 0 aromatic heterocycles. The minimum Gasteiger partial charge on any atom is -0.355 e. The van der Waals surface area contributed by atoms with Gasteiger partial charge in [-0.15, -0.1) is 0 Å².